The molecule has 4 heteroatoms. The van der Waals surface area contributed by atoms with Gasteiger partial charge in [-0.05, 0) is 32.9 Å². The second-order valence-corrected chi connectivity index (χ2v) is 5.15. The summed E-state index contributed by atoms with van der Waals surface area (Å²) in [5, 5.41) is 0. The summed E-state index contributed by atoms with van der Waals surface area (Å²) < 4.78 is 24.2. The number of alkyl halides is 1. The molecule has 0 aromatic heterocycles. The molecule has 0 spiro atoms. The molecule has 0 N–H and O–H groups in total. The molecule has 1 aromatic carbocycles. The summed E-state index contributed by atoms with van der Waals surface area (Å²) in [5.74, 6) is 5.83. The number of rotatable bonds is 4. The van der Waals surface area contributed by atoms with Crippen LogP contribution in [0, 0.1) is 17.7 Å². The Morgan fingerprint density at radius 3 is 2.63 bits per heavy atom. The number of halogens is 2. The van der Waals surface area contributed by atoms with Gasteiger partial charge in [0.1, 0.15) is 18.2 Å². The molecule has 1 aromatic rings. The second kappa shape index (κ2) is 7.37. The van der Waals surface area contributed by atoms with Crippen molar-refractivity contribution in [1.82, 2.24) is 0 Å². The Morgan fingerprint density at radius 1 is 1.26 bits per heavy atom. The van der Waals surface area contributed by atoms with Gasteiger partial charge < -0.3 is 9.47 Å². The van der Waals surface area contributed by atoms with E-state index in [-0.39, 0.29) is 17.3 Å². The lowest BCUT2D eigenvalue weighted by Gasteiger charge is -2.19. The van der Waals surface area contributed by atoms with Crippen molar-refractivity contribution >= 4 is 11.6 Å². The number of hydrogen-bond acceptors (Lipinski definition) is 2. The topological polar surface area (TPSA) is 18.5 Å². The zero-order valence-electron chi connectivity index (χ0n) is 11.4. The first kappa shape index (κ1) is 15.8. The summed E-state index contributed by atoms with van der Waals surface area (Å²) in [5.41, 5.74) is 0.407. The highest BCUT2D eigenvalue weighted by Crippen LogP contribution is 2.19. The highest BCUT2D eigenvalue weighted by Gasteiger charge is 2.10. The van der Waals surface area contributed by atoms with Crippen LogP contribution in [0.25, 0.3) is 0 Å². The smallest absolute Gasteiger partial charge is 0.137 e. The van der Waals surface area contributed by atoms with Crippen molar-refractivity contribution in [3.63, 3.8) is 0 Å². The van der Waals surface area contributed by atoms with E-state index in [1.807, 2.05) is 20.8 Å². The summed E-state index contributed by atoms with van der Waals surface area (Å²) in [7, 11) is 0. The van der Waals surface area contributed by atoms with Crippen LogP contribution >= 0.6 is 11.6 Å². The Bertz CT molecular complexity index is 469. The van der Waals surface area contributed by atoms with Crippen LogP contribution in [-0.4, -0.2) is 24.7 Å². The first-order chi connectivity index (χ1) is 8.92. The fourth-order valence-corrected chi connectivity index (χ4v) is 1.41. The Balaban J connectivity index is 2.63. The summed E-state index contributed by atoms with van der Waals surface area (Å²) in [6, 6.07) is 4.24. The number of hydrogen-bond donors (Lipinski definition) is 0. The van der Waals surface area contributed by atoms with Gasteiger partial charge in [-0.3, -0.25) is 0 Å². The van der Waals surface area contributed by atoms with E-state index in [1.165, 1.54) is 12.1 Å². The quantitative estimate of drug-likeness (QED) is 0.478. The molecule has 0 aliphatic carbocycles. The minimum Gasteiger partial charge on any atom is -0.490 e. The molecule has 1 rings (SSSR count). The summed E-state index contributed by atoms with van der Waals surface area (Å²) in [6.45, 7) is 6.67. The molecule has 0 atom stereocenters. The van der Waals surface area contributed by atoms with Crippen molar-refractivity contribution in [3.05, 3.63) is 29.6 Å². The zero-order chi connectivity index (χ0) is 14.3. The van der Waals surface area contributed by atoms with Crippen molar-refractivity contribution in [1.29, 1.82) is 0 Å². The van der Waals surface area contributed by atoms with Crippen LogP contribution in [0.1, 0.15) is 26.3 Å². The van der Waals surface area contributed by atoms with Gasteiger partial charge in [-0.1, -0.05) is 11.8 Å². The lowest BCUT2D eigenvalue weighted by atomic mass is 10.2. The largest absolute Gasteiger partial charge is 0.490 e. The Morgan fingerprint density at radius 2 is 2.00 bits per heavy atom. The normalized spacial score (nSPS) is 10.8. The van der Waals surface area contributed by atoms with E-state index in [4.69, 9.17) is 21.1 Å². The summed E-state index contributed by atoms with van der Waals surface area (Å²) >= 11 is 5.50. The van der Waals surface area contributed by atoms with Crippen molar-refractivity contribution < 1.29 is 13.9 Å². The number of benzene rings is 1. The maximum atomic E-state index is 13.2. The van der Waals surface area contributed by atoms with Gasteiger partial charge in [0, 0.05) is 6.07 Å². The van der Waals surface area contributed by atoms with Gasteiger partial charge in [-0.25, -0.2) is 4.39 Å². The minimum atomic E-state index is -0.358. The van der Waals surface area contributed by atoms with Crippen LogP contribution in [0.3, 0.4) is 0 Å². The highest BCUT2D eigenvalue weighted by molar-refractivity contribution is 6.19. The Labute approximate surface area is 118 Å². The van der Waals surface area contributed by atoms with Crippen molar-refractivity contribution in [2.24, 2.45) is 0 Å². The van der Waals surface area contributed by atoms with Gasteiger partial charge in [0.05, 0.1) is 23.7 Å². The highest BCUT2D eigenvalue weighted by atomic mass is 35.5. The predicted molar refractivity (Wildman–Crippen MR) is 75.2 cm³/mol. The molecule has 0 radical (unpaired) electrons. The first-order valence-electron chi connectivity index (χ1n) is 6.03. The molecule has 0 aliphatic rings. The molecule has 0 saturated heterocycles. The van der Waals surface area contributed by atoms with Crippen LogP contribution in [-0.2, 0) is 4.74 Å². The van der Waals surface area contributed by atoms with Crippen molar-refractivity contribution in [3.8, 4) is 17.6 Å². The first-order valence-corrected chi connectivity index (χ1v) is 6.57. The summed E-state index contributed by atoms with van der Waals surface area (Å²) in [4.78, 5) is 0. The molecule has 0 heterocycles. The molecule has 2 nitrogen and oxygen atoms in total. The molecule has 0 bridgehead atoms. The molecular formula is C15H18ClFO2. The van der Waals surface area contributed by atoms with Gasteiger partial charge in [0.2, 0.25) is 0 Å². The maximum absolute atomic E-state index is 13.2. The van der Waals surface area contributed by atoms with E-state index in [0.29, 0.717) is 24.5 Å². The number of ether oxygens (including phenoxy) is 2. The maximum Gasteiger partial charge on any atom is 0.137 e. The molecular weight excluding hydrogens is 267 g/mol. The van der Waals surface area contributed by atoms with Gasteiger partial charge >= 0.3 is 0 Å². The van der Waals surface area contributed by atoms with Gasteiger partial charge in [0.25, 0.3) is 0 Å². The predicted octanol–water partition coefficient (Wildman–Crippen LogP) is 3.61. The molecule has 0 saturated carbocycles. The molecule has 104 valence electrons. The fourth-order valence-electron chi connectivity index (χ4n) is 1.35. The van der Waals surface area contributed by atoms with Crippen LogP contribution in [0.5, 0.6) is 5.75 Å². The van der Waals surface area contributed by atoms with Crippen LogP contribution < -0.4 is 4.74 Å². The molecule has 19 heavy (non-hydrogen) atoms. The van der Waals surface area contributed by atoms with Gasteiger partial charge in [-0.2, -0.15) is 0 Å². The van der Waals surface area contributed by atoms with E-state index < -0.39 is 0 Å². The van der Waals surface area contributed by atoms with Crippen LogP contribution in [0.4, 0.5) is 4.39 Å². The molecule has 0 aliphatic heterocycles. The van der Waals surface area contributed by atoms with Crippen molar-refractivity contribution in [2.45, 2.75) is 26.4 Å². The average Bonchev–Trinajstić information content (AvgIpc) is 2.32. The van der Waals surface area contributed by atoms with E-state index >= 15 is 0 Å². The fraction of sp³-hybridized carbons (Fsp3) is 0.467. The molecule has 0 amide bonds. The van der Waals surface area contributed by atoms with Gasteiger partial charge in [0.15, 0.2) is 0 Å². The lowest BCUT2D eigenvalue weighted by molar-refractivity contribution is -0.0163. The Kier molecular flexibility index (Phi) is 6.14. The van der Waals surface area contributed by atoms with E-state index in [2.05, 4.69) is 11.8 Å². The van der Waals surface area contributed by atoms with E-state index in [0.717, 1.165) is 0 Å². The van der Waals surface area contributed by atoms with E-state index in [1.54, 1.807) is 6.07 Å². The third-order valence-electron chi connectivity index (χ3n) is 2.11. The monoisotopic (exact) mass is 284 g/mol. The average molecular weight is 285 g/mol. The van der Waals surface area contributed by atoms with Crippen LogP contribution in [0.2, 0.25) is 0 Å². The molecule has 0 fully saturated rings. The second-order valence-electron chi connectivity index (χ2n) is 4.89. The van der Waals surface area contributed by atoms with E-state index in [9.17, 15) is 4.39 Å². The lowest BCUT2D eigenvalue weighted by Crippen LogP contribution is -2.22. The minimum absolute atomic E-state index is 0.216. The summed E-state index contributed by atoms with van der Waals surface area (Å²) in [6.07, 6.45) is 0. The third-order valence-corrected chi connectivity index (χ3v) is 2.24. The molecule has 0 unspecified atom stereocenters. The SMILES string of the molecule is CC(C)(C)OCCOc1cc(F)ccc1C#CCCl. The standard InChI is InChI=1S/C15H18ClFO2/c1-15(2,3)19-10-9-18-14-11-13(17)7-6-12(14)5-4-8-16/h6-7,11H,8-10H2,1-3H3. The zero-order valence-corrected chi connectivity index (χ0v) is 12.2. The third kappa shape index (κ3) is 6.47. The van der Waals surface area contributed by atoms with Crippen LogP contribution in [0.15, 0.2) is 18.2 Å². The Hall–Kier alpha value is -1.24. The van der Waals surface area contributed by atoms with Gasteiger partial charge in [-0.15, -0.1) is 11.6 Å². The van der Waals surface area contributed by atoms with Crippen molar-refractivity contribution in [2.75, 3.05) is 19.1 Å².